The summed E-state index contributed by atoms with van der Waals surface area (Å²) >= 11 is 5.48. The number of imide groups is 1. The van der Waals surface area contributed by atoms with Crippen LogP contribution < -0.4 is 10.3 Å². The number of hydrogen-bond donors (Lipinski definition) is 1. The Labute approximate surface area is 138 Å². The Balaban J connectivity index is 2.21. The molecule has 1 heterocycles. The van der Waals surface area contributed by atoms with E-state index in [1.54, 1.807) is 38.1 Å². The molecule has 8 heteroatoms. The van der Waals surface area contributed by atoms with Crippen LogP contribution in [0.5, 0.6) is 0 Å². The van der Waals surface area contributed by atoms with Gasteiger partial charge in [0.25, 0.3) is 0 Å². The third-order valence-electron chi connectivity index (χ3n) is 3.06. The lowest BCUT2D eigenvalue weighted by Gasteiger charge is -2.19. The molecule has 0 unspecified atom stereocenters. The van der Waals surface area contributed by atoms with Crippen LogP contribution in [-0.2, 0) is 9.53 Å². The maximum atomic E-state index is 11.9. The van der Waals surface area contributed by atoms with Gasteiger partial charge in [0.15, 0.2) is 0 Å². The van der Waals surface area contributed by atoms with Crippen LogP contribution >= 0.6 is 11.6 Å². The fourth-order valence-corrected chi connectivity index (χ4v) is 2.18. The highest BCUT2D eigenvalue weighted by Gasteiger charge is 2.24. The lowest BCUT2D eigenvalue weighted by atomic mass is 10.0. The minimum Gasteiger partial charge on any atom is -0.446 e. The number of halogens is 1. The second kappa shape index (κ2) is 7.23. The Bertz CT molecular complexity index is 655. The van der Waals surface area contributed by atoms with E-state index in [2.05, 4.69) is 10.5 Å². The summed E-state index contributed by atoms with van der Waals surface area (Å²) in [6, 6.07) is 6.52. The molecule has 0 saturated carbocycles. The first kappa shape index (κ1) is 17.0. The molecule has 1 aliphatic rings. The Morgan fingerprint density at radius 3 is 2.39 bits per heavy atom. The van der Waals surface area contributed by atoms with Crippen LogP contribution in [0.3, 0.4) is 0 Å². The molecule has 0 spiro atoms. The molecule has 122 valence electrons. The molecule has 0 fully saturated rings. The summed E-state index contributed by atoms with van der Waals surface area (Å²) in [5.41, 5.74) is 4.22. The van der Waals surface area contributed by atoms with Crippen molar-refractivity contribution < 1.29 is 19.1 Å². The van der Waals surface area contributed by atoms with E-state index in [4.69, 9.17) is 16.3 Å². The van der Waals surface area contributed by atoms with E-state index < -0.39 is 11.5 Å². The summed E-state index contributed by atoms with van der Waals surface area (Å²) in [6.07, 6.45) is -0.317. The minimum atomic E-state index is -0.953. The summed E-state index contributed by atoms with van der Waals surface area (Å²) < 4.78 is 5.00. The highest BCUT2D eigenvalue weighted by molar-refractivity contribution is 6.68. The fraction of sp³-hybridized carbons (Fsp3) is 0.333. The third kappa shape index (κ3) is 4.29. The summed E-state index contributed by atoms with van der Waals surface area (Å²) in [4.78, 5) is 35.3. The van der Waals surface area contributed by atoms with Crippen molar-refractivity contribution in [3.05, 3.63) is 29.8 Å². The normalized spacial score (nSPS) is 14.1. The van der Waals surface area contributed by atoms with Gasteiger partial charge in [0.1, 0.15) is 0 Å². The molecule has 1 aromatic carbocycles. The summed E-state index contributed by atoms with van der Waals surface area (Å²) in [5.74, 6) is -0.124. The summed E-state index contributed by atoms with van der Waals surface area (Å²) in [6.45, 7) is 3.35. The molecule has 3 amide bonds. The lowest BCUT2D eigenvalue weighted by Crippen LogP contribution is -2.35. The number of benzene rings is 1. The first-order valence-electron chi connectivity index (χ1n) is 7.04. The van der Waals surface area contributed by atoms with Crippen molar-refractivity contribution in [3.8, 4) is 0 Å². The Kier molecular flexibility index (Phi) is 5.33. The van der Waals surface area contributed by atoms with E-state index in [0.717, 1.165) is 16.2 Å². The second-order valence-electron chi connectivity index (χ2n) is 5.16. The molecule has 0 atom stereocenters. The van der Waals surface area contributed by atoms with Crippen LogP contribution in [0.25, 0.3) is 0 Å². The van der Waals surface area contributed by atoms with Gasteiger partial charge in [0.05, 0.1) is 17.5 Å². The van der Waals surface area contributed by atoms with E-state index in [1.807, 2.05) is 0 Å². The maximum absolute atomic E-state index is 11.9. The quantitative estimate of drug-likeness (QED) is 0.678. The number of hydrogen-bond acceptors (Lipinski definition) is 5. The molecular weight excluding hydrogens is 322 g/mol. The Morgan fingerprint density at radius 1 is 1.26 bits per heavy atom. The lowest BCUT2D eigenvalue weighted by molar-refractivity contribution is -0.121. The molecule has 0 aliphatic carbocycles. The molecule has 23 heavy (non-hydrogen) atoms. The molecule has 1 aromatic rings. The Hall–Kier alpha value is -2.41. The first-order valence-corrected chi connectivity index (χ1v) is 7.42. The van der Waals surface area contributed by atoms with Crippen molar-refractivity contribution in [1.29, 1.82) is 0 Å². The number of amides is 3. The number of hydrazone groups is 1. The molecular formula is C15H16ClN3O4. The van der Waals surface area contributed by atoms with Crippen LogP contribution in [0.1, 0.15) is 32.3 Å². The van der Waals surface area contributed by atoms with E-state index >= 15 is 0 Å². The predicted octanol–water partition coefficient (Wildman–Crippen LogP) is 3.01. The molecule has 0 bridgehead atoms. The van der Waals surface area contributed by atoms with Crippen molar-refractivity contribution in [2.75, 3.05) is 4.90 Å². The average Bonchev–Trinajstić information content (AvgIpc) is 2.48. The van der Waals surface area contributed by atoms with Gasteiger partial charge in [0, 0.05) is 12.8 Å². The molecule has 0 radical (unpaired) electrons. The van der Waals surface area contributed by atoms with Gasteiger partial charge in [-0.15, -0.1) is 0 Å². The monoisotopic (exact) mass is 337 g/mol. The van der Waals surface area contributed by atoms with E-state index in [0.29, 0.717) is 18.5 Å². The minimum absolute atomic E-state index is 0.124. The number of carbonyl (C=O) groups excluding carboxylic acids is 3. The van der Waals surface area contributed by atoms with Crippen LogP contribution in [0.4, 0.5) is 15.3 Å². The zero-order valence-electron chi connectivity index (χ0n) is 12.7. The van der Waals surface area contributed by atoms with Gasteiger partial charge in [-0.25, -0.2) is 15.1 Å². The number of ether oxygens (including phenoxy) is 1. The molecule has 0 saturated heterocycles. The van der Waals surface area contributed by atoms with Crippen molar-refractivity contribution in [1.82, 2.24) is 5.43 Å². The number of carbonyl (C=O) groups is 3. The molecule has 1 N–H and O–H groups in total. The van der Waals surface area contributed by atoms with Crippen molar-refractivity contribution >= 4 is 40.4 Å². The zero-order chi connectivity index (χ0) is 17.0. The van der Waals surface area contributed by atoms with Gasteiger partial charge < -0.3 is 4.74 Å². The van der Waals surface area contributed by atoms with Gasteiger partial charge >= 0.3 is 11.5 Å². The van der Waals surface area contributed by atoms with E-state index in [9.17, 15) is 14.4 Å². The van der Waals surface area contributed by atoms with Crippen LogP contribution in [0.15, 0.2) is 29.4 Å². The van der Waals surface area contributed by atoms with Crippen LogP contribution in [0, 0.1) is 0 Å². The molecule has 7 nitrogen and oxygen atoms in total. The SMILES string of the molecule is CC(C)OC(=O)N(C(=O)Cl)c1ccc(C2=NNC(=O)CC2)cc1. The van der Waals surface area contributed by atoms with Gasteiger partial charge in [-0.2, -0.15) is 5.10 Å². The van der Waals surface area contributed by atoms with E-state index in [1.165, 1.54) is 0 Å². The molecule has 1 aliphatic heterocycles. The van der Waals surface area contributed by atoms with Gasteiger partial charge in [-0.1, -0.05) is 12.1 Å². The van der Waals surface area contributed by atoms with Crippen molar-refractivity contribution in [2.45, 2.75) is 32.8 Å². The maximum Gasteiger partial charge on any atom is 0.422 e. The second-order valence-corrected chi connectivity index (χ2v) is 5.48. The highest BCUT2D eigenvalue weighted by atomic mass is 35.5. The van der Waals surface area contributed by atoms with Gasteiger partial charge in [-0.3, -0.25) is 9.59 Å². The first-order chi connectivity index (χ1) is 10.9. The van der Waals surface area contributed by atoms with Crippen LogP contribution in [0.2, 0.25) is 0 Å². The zero-order valence-corrected chi connectivity index (χ0v) is 13.5. The third-order valence-corrected chi connectivity index (χ3v) is 3.23. The summed E-state index contributed by atoms with van der Waals surface area (Å²) in [5, 5.41) is 3.03. The number of nitrogens with zero attached hydrogens (tertiary/aromatic N) is 2. The van der Waals surface area contributed by atoms with Crippen LogP contribution in [-0.4, -0.2) is 29.2 Å². The fourth-order valence-electron chi connectivity index (χ4n) is 2.02. The molecule has 2 rings (SSSR count). The standard InChI is InChI=1S/C15H16ClN3O4/c1-9(2)23-15(22)19(14(16)21)11-5-3-10(4-6-11)12-7-8-13(20)18-17-12/h3-6,9H,7-8H2,1-2H3,(H,18,20). The van der Waals surface area contributed by atoms with Crippen molar-refractivity contribution in [3.63, 3.8) is 0 Å². The molecule has 0 aromatic heterocycles. The topological polar surface area (TPSA) is 88.1 Å². The number of anilines is 1. The average molecular weight is 338 g/mol. The smallest absolute Gasteiger partial charge is 0.422 e. The van der Waals surface area contributed by atoms with Gasteiger partial charge in [-0.05, 0) is 43.1 Å². The summed E-state index contributed by atoms with van der Waals surface area (Å²) in [7, 11) is 0. The van der Waals surface area contributed by atoms with Crippen molar-refractivity contribution in [2.24, 2.45) is 5.10 Å². The van der Waals surface area contributed by atoms with Gasteiger partial charge in [0.2, 0.25) is 5.91 Å². The largest absolute Gasteiger partial charge is 0.446 e. The number of nitrogens with one attached hydrogen (secondary N) is 1. The number of rotatable bonds is 3. The van der Waals surface area contributed by atoms with E-state index in [-0.39, 0.29) is 12.0 Å². The highest BCUT2D eigenvalue weighted by Crippen LogP contribution is 2.20. The predicted molar refractivity (Wildman–Crippen MR) is 85.7 cm³/mol. The Morgan fingerprint density at radius 2 is 1.91 bits per heavy atom.